The maximum absolute atomic E-state index is 4.58. The van der Waals surface area contributed by atoms with Crippen LogP contribution in [0.4, 0.5) is 0 Å². The summed E-state index contributed by atoms with van der Waals surface area (Å²) < 4.78 is 9.17. The Bertz CT molecular complexity index is 70.0. The first-order chi connectivity index (χ1) is 3.00. The molecule has 1 heterocycles. The van der Waals surface area contributed by atoms with Gasteiger partial charge in [0.25, 0.3) is 0 Å². The highest BCUT2D eigenvalue weighted by Crippen LogP contribution is 1.89. The first-order valence-electron chi connectivity index (χ1n) is 1.61. The normalized spacial score (nSPS) is 12.0. The Balaban J connectivity index is 0. The highest BCUT2D eigenvalue weighted by Gasteiger charge is 1.74. The summed E-state index contributed by atoms with van der Waals surface area (Å²) >= 11 is 0. The molecule has 4 heteroatoms. The van der Waals surface area contributed by atoms with Gasteiger partial charge < -0.3 is 9.47 Å². The quantitative estimate of drug-likeness (QED) is 0.533. The van der Waals surface area contributed by atoms with E-state index in [0.29, 0.717) is 0 Å². The van der Waals surface area contributed by atoms with Crippen LogP contribution < -0.4 is 0 Å². The lowest BCUT2D eigenvalue weighted by atomic mass is 10.9. The minimum atomic E-state index is 0. The summed E-state index contributed by atoms with van der Waals surface area (Å²) in [7, 11) is 0. The van der Waals surface area contributed by atoms with Crippen LogP contribution >= 0.6 is 24.8 Å². The minimum Gasteiger partial charge on any atom is -0.466 e. The summed E-state index contributed by atoms with van der Waals surface area (Å²) in [6.07, 6.45) is 5.83. The van der Waals surface area contributed by atoms with Crippen LogP contribution in [0.1, 0.15) is 0 Å². The number of hydrogen-bond donors (Lipinski definition) is 0. The van der Waals surface area contributed by atoms with Crippen LogP contribution in [-0.2, 0) is 9.47 Å². The van der Waals surface area contributed by atoms with Gasteiger partial charge in [0.15, 0.2) is 0 Å². The largest absolute Gasteiger partial charge is 0.466 e. The number of halogens is 2. The van der Waals surface area contributed by atoms with Crippen LogP contribution in [0.25, 0.3) is 0 Å². The van der Waals surface area contributed by atoms with E-state index >= 15 is 0 Å². The molecule has 1 aliphatic heterocycles. The molecule has 0 saturated heterocycles. The second-order valence-corrected chi connectivity index (χ2v) is 0.816. The van der Waals surface area contributed by atoms with Gasteiger partial charge in [-0.05, 0) is 0 Å². The highest BCUT2D eigenvalue weighted by atomic mass is 35.5. The van der Waals surface area contributed by atoms with E-state index in [1.54, 1.807) is 0 Å². The molecule has 48 valence electrons. The number of rotatable bonds is 0. The first kappa shape index (κ1) is 10.6. The van der Waals surface area contributed by atoms with Crippen LogP contribution in [0.15, 0.2) is 25.0 Å². The fourth-order valence-corrected chi connectivity index (χ4v) is 0.219. The molecule has 2 nitrogen and oxygen atoms in total. The molecular weight excluding hydrogens is 151 g/mol. The van der Waals surface area contributed by atoms with Crippen molar-refractivity contribution in [3.8, 4) is 0 Å². The Kier molecular flexibility index (Phi) is 8.83. The van der Waals surface area contributed by atoms with Gasteiger partial charge in [-0.3, -0.25) is 0 Å². The molecule has 0 atom stereocenters. The van der Waals surface area contributed by atoms with Crippen molar-refractivity contribution in [2.75, 3.05) is 0 Å². The van der Waals surface area contributed by atoms with Crippen LogP contribution in [0, 0.1) is 0 Å². The van der Waals surface area contributed by atoms with Gasteiger partial charge in [-0.15, -0.1) is 24.8 Å². The second-order valence-electron chi connectivity index (χ2n) is 0.816. The van der Waals surface area contributed by atoms with Crippen molar-refractivity contribution in [1.82, 2.24) is 0 Å². The highest BCUT2D eigenvalue weighted by molar-refractivity contribution is 5.85. The molecule has 0 spiro atoms. The van der Waals surface area contributed by atoms with Gasteiger partial charge in [-0.1, -0.05) is 0 Å². The lowest BCUT2D eigenvalue weighted by Gasteiger charge is -1.94. The molecule has 0 radical (unpaired) electrons. The SMILES string of the molecule is C1=COC=CO1.Cl.Cl. The summed E-state index contributed by atoms with van der Waals surface area (Å²) in [6, 6.07) is 0. The van der Waals surface area contributed by atoms with E-state index in [9.17, 15) is 0 Å². The third-order valence-electron chi connectivity index (χ3n) is 0.425. The topological polar surface area (TPSA) is 18.5 Å². The molecule has 1 rings (SSSR count). The second kappa shape index (κ2) is 6.66. The summed E-state index contributed by atoms with van der Waals surface area (Å²) in [5.41, 5.74) is 0. The maximum Gasteiger partial charge on any atom is 0.125 e. The molecule has 0 amide bonds. The van der Waals surface area contributed by atoms with Crippen LogP contribution in [-0.4, -0.2) is 0 Å². The smallest absolute Gasteiger partial charge is 0.125 e. The van der Waals surface area contributed by atoms with E-state index in [4.69, 9.17) is 0 Å². The Morgan fingerprint density at radius 3 is 1.00 bits per heavy atom. The van der Waals surface area contributed by atoms with Crippen molar-refractivity contribution in [3.63, 3.8) is 0 Å². The Morgan fingerprint density at radius 1 is 0.625 bits per heavy atom. The van der Waals surface area contributed by atoms with Gasteiger partial charge in [0.1, 0.15) is 25.0 Å². The van der Waals surface area contributed by atoms with E-state index in [1.165, 1.54) is 25.0 Å². The van der Waals surface area contributed by atoms with Crippen molar-refractivity contribution in [1.29, 1.82) is 0 Å². The summed E-state index contributed by atoms with van der Waals surface area (Å²) in [4.78, 5) is 0. The van der Waals surface area contributed by atoms with E-state index in [0.717, 1.165) is 0 Å². The predicted octanol–water partition coefficient (Wildman–Crippen LogP) is 1.82. The molecule has 0 saturated carbocycles. The predicted molar refractivity (Wildman–Crippen MR) is 34.9 cm³/mol. The zero-order valence-corrected chi connectivity index (χ0v) is 5.58. The molecule has 8 heavy (non-hydrogen) atoms. The molecular formula is C4H6Cl2O2. The van der Waals surface area contributed by atoms with Crippen molar-refractivity contribution in [2.45, 2.75) is 0 Å². The van der Waals surface area contributed by atoms with Gasteiger partial charge in [0.2, 0.25) is 0 Å². The summed E-state index contributed by atoms with van der Waals surface area (Å²) in [5.74, 6) is 0. The first-order valence-corrected chi connectivity index (χ1v) is 1.61. The minimum absolute atomic E-state index is 0. The molecule has 0 aromatic heterocycles. The van der Waals surface area contributed by atoms with Crippen molar-refractivity contribution >= 4 is 24.8 Å². The Morgan fingerprint density at radius 2 is 0.875 bits per heavy atom. The van der Waals surface area contributed by atoms with E-state index in [1.807, 2.05) is 0 Å². The molecule has 0 aliphatic carbocycles. The van der Waals surface area contributed by atoms with Gasteiger partial charge in [-0.25, -0.2) is 0 Å². The lowest BCUT2D eigenvalue weighted by Crippen LogP contribution is -1.74. The maximum atomic E-state index is 4.58. The van der Waals surface area contributed by atoms with Gasteiger partial charge >= 0.3 is 0 Å². The Labute approximate surface area is 60.0 Å². The Hall–Kier alpha value is -0.340. The molecule has 0 fully saturated rings. The summed E-state index contributed by atoms with van der Waals surface area (Å²) in [5, 5.41) is 0. The van der Waals surface area contributed by atoms with Crippen LogP contribution in [0.2, 0.25) is 0 Å². The monoisotopic (exact) mass is 156 g/mol. The molecule has 1 aliphatic rings. The van der Waals surface area contributed by atoms with E-state index < -0.39 is 0 Å². The third-order valence-corrected chi connectivity index (χ3v) is 0.425. The average Bonchev–Trinajstić information content (AvgIpc) is 1.72. The van der Waals surface area contributed by atoms with Crippen molar-refractivity contribution in [2.24, 2.45) is 0 Å². The molecule has 0 N–H and O–H groups in total. The zero-order chi connectivity index (χ0) is 4.24. The van der Waals surface area contributed by atoms with Crippen LogP contribution in [0.5, 0.6) is 0 Å². The van der Waals surface area contributed by atoms with Gasteiger partial charge in [0.05, 0.1) is 0 Å². The lowest BCUT2D eigenvalue weighted by molar-refractivity contribution is 0.290. The fraction of sp³-hybridized carbons (Fsp3) is 0. The third kappa shape index (κ3) is 3.84. The van der Waals surface area contributed by atoms with E-state index in [-0.39, 0.29) is 24.8 Å². The number of ether oxygens (including phenoxy) is 2. The fourth-order valence-electron chi connectivity index (χ4n) is 0.219. The molecule has 0 bridgehead atoms. The van der Waals surface area contributed by atoms with Gasteiger partial charge in [0, 0.05) is 0 Å². The average molecular weight is 157 g/mol. The zero-order valence-electron chi connectivity index (χ0n) is 3.94. The molecule has 0 aromatic rings. The summed E-state index contributed by atoms with van der Waals surface area (Å²) in [6.45, 7) is 0. The molecule has 0 aromatic carbocycles. The van der Waals surface area contributed by atoms with E-state index in [2.05, 4.69) is 9.47 Å². The van der Waals surface area contributed by atoms with Crippen molar-refractivity contribution in [3.05, 3.63) is 25.0 Å². The standard InChI is InChI=1S/C4H4O2.2ClH/c1-2-6-4-3-5-1;;/h1-4H;2*1H. The number of hydrogen-bond acceptors (Lipinski definition) is 2. The van der Waals surface area contributed by atoms with Gasteiger partial charge in [-0.2, -0.15) is 0 Å². The molecule has 0 unspecified atom stereocenters. The van der Waals surface area contributed by atoms with Crippen molar-refractivity contribution < 1.29 is 9.47 Å². The van der Waals surface area contributed by atoms with Crippen LogP contribution in [0.3, 0.4) is 0 Å².